The molecular weight excluding hydrogens is 337 g/mol. The Balaban J connectivity index is 1.36. The SMILES string of the molecule is Clc1ccc2c(c1Cl)CN(CCCCCCc1ccccc1)CC2. The van der Waals surface area contributed by atoms with Gasteiger partial charge < -0.3 is 0 Å². The zero-order valence-electron chi connectivity index (χ0n) is 14.1. The summed E-state index contributed by atoms with van der Waals surface area (Å²) >= 11 is 12.5. The van der Waals surface area contributed by atoms with E-state index in [1.807, 2.05) is 6.07 Å². The van der Waals surface area contributed by atoms with E-state index in [-0.39, 0.29) is 0 Å². The molecule has 3 rings (SSSR count). The Morgan fingerprint density at radius 3 is 2.50 bits per heavy atom. The number of aryl methyl sites for hydroxylation is 1. The molecule has 3 heteroatoms. The van der Waals surface area contributed by atoms with Crippen LogP contribution in [0.15, 0.2) is 42.5 Å². The van der Waals surface area contributed by atoms with E-state index in [0.29, 0.717) is 5.02 Å². The topological polar surface area (TPSA) is 3.24 Å². The highest BCUT2D eigenvalue weighted by atomic mass is 35.5. The first kappa shape index (κ1) is 17.8. The number of halogens is 2. The Morgan fingerprint density at radius 1 is 0.875 bits per heavy atom. The van der Waals surface area contributed by atoms with Gasteiger partial charge in [0.2, 0.25) is 0 Å². The molecule has 0 unspecified atom stereocenters. The van der Waals surface area contributed by atoms with E-state index in [4.69, 9.17) is 23.2 Å². The Morgan fingerprint density at radius 2 is 1.67 bits per heavy atom. The standard InChI is InChI=1S/C21H25Cl2N/c22-20-12-11-18-13-15-24(16-19(18)21(20)23)14-7-2-1-4-8-17-9-5-3-6-10-17/h3,5-6,9-12H,1-2,4,7-8,13-16H2. The van der Waals surface area contributed by atoms with Gasteiger partial charge in [-0.15, -0.1) is 0 Å². The van der Waals surface area contributed by atoms with E-state index in [0.717, 1.165) is 31.1 Å². The van der Waals surface area contributed by atoms with Crippen molar-refractivity contribution in [2.45, 2.75) is 45.1 Å². The fourth-order valence-corrected chi connectivity index (χ4v) is 3.89. The number of fused-ring (bicyclic) bond motifs is 1. The van der Waals surface area contributed by atoms with Gasteiger partial charge in [-0.1, -0.05) is 72.4 Å². The molecule has 2 aromatic carbocycles. The average Bonchev–Trinajstić information content (AvgIpc) is 2.62. The summed E-state index contributed by atoms with van der Waals surface area (Å²) in [7, 11) is 0. The monoisotopic (exact) mass is 361 g/mol. The van der Waals surface area contributed by atoms with Gasteiger partial charge in [-0.25, -0.2) is 0 Å². The van der Waals surface area contributed by atoms with Gasteiger partial charge >= 0.3 is 0 Å². The lowest BCUT2D eigenvalue weighted by atomic mass is 9.99. The molecule has 0 fully saturated rings. The number of unbranched alkanes of at least 4 members (excludes halogenated alkanes) is 3. The maximum atomic E-state index is 6.38. The highest BCUT2D eigenvalue weighted by Crippen LogP contribution is 2.32. The third-order valence-corrected chi connectivity index (χ3v) is 5.75. The van der Waals surface area contributed by atoms with Crippen molar-refractivity contribution in [3.8, 4) is 0 Å². The van der Waals surface area contributed by atoms with Crippen molar-refractivity contribution in [3.63, 3.8) is 0 Å². The summed E-state index contributed by atoms with van der Waals surface area (Å²) in [5, 5.41) is 1.43. The van der Waals surface area contributed by atoms with Crippen molar-refractivity contribution in [2.75, 3.05) is 13.1 Å². The lowest BCUT2D eigenvalue weighted by Gasteiger charge is -2.29. The highest BCUT2D eigenvalue weighted by molar-refractivity contribution is 6.42. The minimum atomic E-state index is 0.679. The summed E-state index contributed by atoms with van der Waals surface area (Å²) in [6, 6.07) is 14.8. The third-order valence-electron chi connectivity index (χ3n) is 4.90. The molecule has 1 nitrogen and oxygen atoms in total. The fourth-order valence-electron chi connectivity index (χ4n) is 3.47. The van der Waals surface area contributed by atoms with E-state index in [1.165, 1.54) is 48.8 Å². The van der Waals surface area contributed by atoms with E-state index in [9.17, 15) is 0 Å². The van der Waals surface area contributed by atoms with Crippen LogP contribution in [0, 0.1) is 0 Å². The minimum Gasteiger partial charge on any atom is -0.299 e. The van der Waals surface area contributed by atoms with Crippen LogP contribution in [-0.2, 0) is 19.4 Å². The molecule has 2 aromatic rings. The summed E-state index contributed by atoms with van der Waals surface area (Å²) < 4.78 is 0. The van der Waals surface area contributed by atoms with Crippen LogP contribution < -0.4 is 0 Å². The average molecular weight is 362 g/mol. The molecule has 1 heterocycles. The number of rotatable bonds is 7. The second-order valence-electron chi connectivity index (χ2n) is 6.68. The predicted molar refractivity (Wildman–Crippen MR) is 104 cm³/mol. The van der Waals surface area contributed by atoms with Crippen LogP contribution in [0.5, 0.6) is 0 Å². The Labute approximate surface area is 155 Å². The molecule has 0 saturated carbocycles. The normalized spacial score (nSPS) is 14.6. The fraction of sp³-hybridized carbons (Fsp3) is 0.429. The van der Waals surface area contributed by atoms with Crippen LogP contribution in [0.3, 0.4) is 0 Å². The van der Waals surface area contributed by atoms with Gasteiger partial charge in [-0.3, -0.25) is 4.90 Å². The van der Waals surface area contributed by atoms with Crippen molar-refractivity contribution in [2.24, 2.45) is 0 Å². The van der Waals surface area contributed by atoms with Crippen LogP contribution in [0.2, 0.25) is 10.0 Å². The molecule has 0 atom stereocenters. The molecule has 1 aliphatic heterocycles. The lowest BCUT2D eigenvalue weighted by molar-refractivity contribution is 0.248. The summed E-state index contributed by atoms with van der Waals surface area (Å²) in [6.07, 6.45) is 7.45. The van der Waals surface area contributed by atoms with E-state index >= 15 is 0 Å². The van der Waals surface area contributed by atoms with Gasteiger partial charge in [-0.2, -0.15) is 0 Å². The van der Waals surface area contributed by atoms with E-state index in [2.05, 4.69) is 41.3 Å². The quantitative estimate of drug-likeness (QED) is 0.534. The number of hydrogen-bond acceptors (Lipinski definition) is 1. The molecule has 0 aromatic heterocycles. The highest BCUT2D eigenvalue weighted by Gasteiger charge is 2.19. The van der Waals surface area contributed by atoms with E-state index < -0.39 is 0 Å². The largest absolute Gasteiger partial charge is 0.299 e. The van der Waals surface area contributed by atoms with Crippen molar-refractivity contribution in [1.29, 1.82) is 0 Å². The summed E-state index contributed by atoms with van der Waals surface area (Å²) in [6.45, 7) is 3.24. The Bertz CT molecular complexity index is 654. The Hall–Kier alpha value is -1.02. The molecule has 0 aliphatic carbocycles. The molecular formula is C21H25Cl2N. The van der Waals surface area contributed by atoms with Crippen molar-refractivity contribution < 1.29 is 0 Å². The maximum Gasteiger partial charge on any atom is 0.0640 e. The summed E-state index contributed by atoms with van der Waals surface area (Å²) in [5.74, 6) is 0. The van der Waals surface area contributed by atoms with Gasteiger partial charge in [-0.05, 0) is 55.0 Å². The number of benzene rings is 2. The smallest absolute Gasteiger partial charge is 0.0640 e. The predicted octanol–water partition coefficient (Wildman–Crippen LogP) is 6.15. The number of nitrogens with zero attached hydrogens (tertiary/aromatic N) is 1. The second kappa shape index (κ2) is 8.89. The van der Waals surface area contributed by atoms with Crippen LogP contribution in [0.25, 0.3) is 0 Å². The first-order valence-electron chi connectivity index (χ1n) is 8.96. The maximum absolute atomic E-state index is 6.38. The second-order valence-corrected chi connectivity index (χ2v) is 7.46. The molecule has 24 heavy (non-hydrogen) atoms. The Kier molecular flexibility index (Phi) is 6.59. The van der Waals surface area contributed by atoms with Crippen molar-refractivity contribution in [1.82, 2.24) is 4.90 Å². The minimum absolute atomic E-state index is 0.679. The molecule has 0 bridgehead atoms. The lowest BCUT2D eigenvalue weighted by Crippen LogP contribution is -2.31. The molecule has 0 spiro atoms. The van der Waals surface area contributed by atoms with Crippen LogP contribution >= 0.6 is 23.2 Å². The van der Waals surface area contributed by atoms with Gasteiger partial charge in [0, 0.05) is 13.1 Å². The van der Waals surface area contributed by atoms with Gasteiger partial charge in [0.05, 0.1) is 10.0 Å². The summed E-state index contributed by atoms with van der Waals surface area (Å²) in [5.41, 5.74) is 4.06. The van der Waals surface area contributed by atoms with Crippen molar-refractivity contribution >= 4 is 23.2 Å². The number of hydrogen-bond donors (Lipinski definition) is 0. The third kappa shape index (κ3) is 4.75. The molecule has 0 N–H and O–H groups in total. The molecule has 0 saturated heterocycles. The van der Waals surface area contributed by atoms with E-state index in [1.54, 1.807) is 0 Å². The summed E-state index contributed by atoms with van der Waals surface area (Å²) in [4.78, 5) is 2.52. The van der Waals surface area contributed by atoms with Gasteiger partial charge in [0.15, 0.2) is 0 Å². The van der Waals surface area contributed by atoms with Gasteiger partial charge in [0.25, 0.3) is 0 Å². The zero-order chi connectivity index (χ0) is 16.8. The van der Waals surface area contributed by atoms with Crippen LogP contribution in [-0.4, -0.2) is 18.0 Å². The van der Waals surface area contributed by atoms with Gasteiger partial charge in [0.1, 0.15) is 0 Å². The first-order valence-corrected chi connectivity index (χ1v) is 9.71. The molecule has 1 aliphatic rings. The molecule has 0 radical (unpaired) electrons. The van der Waals surface area contributed by atoms with Crippen molar-refractivity contribution in [3.05, 3.63) is 69.2 Å². The molecule has 0 amide bonds. The molecule has 128 valence electrons. The van der Waals surface area contributed by atoms with Crippen LogP contribution in [0.1, 0.15) is 42.4 Å². The van der Waals surface area contributed by atoms with Crippen LogP contribution in [0.4, 0.5) is 0 Å². The zero-order valence-corrected chi connectivity index (χ0v) is 15.6. The first-order chi connectivity index (χ1) is 11.7.